The summed E-state index contributed by atoms with van der Waals surface area (Å²) in [5.74, 6) is 2.63. The highest BCUT2D eigenvalue weighted by atomic mass is 16.5. The maximum atomic E-state index is 10.1. The van der Waals surface area contributed by atoms with Crippen LogP contribution in [0.15, 0.2) is 24.3 Å². The Hall–Kier alpha value is -1.52. The Morgan fingerprint density at radius 1 is 1.38 bits per heavy atom. The fraction of sp³-hybridized carbons (Fsp3) is 0.600. The molecule has 0 aromatic heterocycles. The fourth-order valence-electron chi connectivity index (χ4n) is 4.82. The number of rotatable bonds is 3. The Labute approximate surface area is 143 Å². The molecule has 1 saturated carbocycles. The maximum absolute atomic E-state index is 10.1. The molecule has 1 fully saturated rings. The molecule has 2 heterocycles. The Morgan fingerprint density at radius 2 is 2.25 bits per heavy atom. The zero-order valence-corrected chi connectivity index (χ0v) is 14.2. The predicted octanol–water partition coefficient (Wildman–Crippen LogP) is 2.63. The summed E-state index contributed by atoms with van der Waals surface area (Å²) in [6.07, 6.45) is 8.30. The third-order valence-electron chi connectivity index (χ3n) is 6.25. The van der Waals surface area contributed by atoms with Crippen molar-refractivity contribution in [2.24, 2.45) is 5.92 Å². The summed E-state index contributed by atoms with van der Waals surface area (Å²) < 4.78 is 11.9. The molecule has 1 spiro atoms. The number of benzene rings is 1. The van der Waals surface area contributed by atoms with Gasteiger partial charge in [-0.2, -0.15) is 0 Å². The summed E-state index contributed by atoms with van der Waals surface area (Å²) in [6, 6.07) is 4.26. The average Bonchev–Trinajstić information content (AvgIpc) is 3.34. The minimum Gasteiger partial charge on any atom is -0.493 e. The quantitative estimate of drug-likeness (QED) is 0.867. The first-order valence-electron chi connectivity index (χ1n) is 9.16. The molecule has 1 aromatic carbocycles. The van der Waals surface area contributed by atoms with E-state index in [-0.39, 0.29) is 11.5 Å². The number of aliphatic hydroxyl groups is 1. The molecule has 0 bridgehead atoms. The van der Waals surface area contributed by atoms with Crippen LogP contribution in [-0.4, -0.2) is 42.4 Å². The molecule has 0 saturated heterocycles. The predicted molar refractivity (Wildman–Crippen MR) is 91.5 cm³/mol. The van der Waals surface area contributed by atoms with Gasteiger partial charge in [0.2, 0.25) is 0 Å². The van der Waals surface area contributed by atoms with E-state index in [0.29, 0.717) is 6.42 Å². The summed E-state index contributed by atoms with van der Waals surface area (Å²) in [6.45, 7) is 3.30. The van der Waals surface area contributed by atoms with E-state index in [1.807, 2.05) is 12.1 Å². The van der Waals surface area contributed by atoms with E-state index in [1.54, 1.807) is 7.11 Å². The first kappa shape index (κ1) is 14.8. The number of hydrogen-bond donors (Lipinski definition) is 1. The highest BCUT2D eigenvalue weighted by molar-refractivity contribution is 5.61. The molecular formula is C20H25NO3. The van der Waals surface area contributed by atoms with E-state index in [1.165, 1.54) is 30.5 Å². The number of ether oxygens (including phenoxy) is 2. The minimum atomic E-state index is -0.407. The molecule has 128 valence electrons. The lowest BCUT2D eigenvalue weighted by Gasteiger charge is -2.35. The highest BCUT2D eigenvalue weighted by Crippen LogP contribution is 2.55. The number of methoxy groups -OCH3 is 1. The van der Waals surface area contributed by atoms with Crippen molar-refractivity contribution in [3.8, 4) is 11.5 Å². The number of aliphatic hydroxyl groups excluding tert-OH is 1. The van der Waals surface area contributed by atoms with Gasteiger partial charge in [-0.25, -0.2) is 0 Å². The van der Waals surface area contributed by atoms with Gasteiger partial charge in [0.15, 0.2) is 11.5 Å². The van der Waals surface area contributed by atoms with E-state index in [4.69, 9.17) is 9.47 Å². The van der Waals surface area contributed by atoms with Gasteiger partial charge in [0.05, 0.1) is 18.6 Å². The van der Waals surface area contributed by atoms with E-state index < -0.39 is 6.10 Å². The summed E-state index contributed by atoms with van der Waals surface area (Å²) in [5, 5.41) is 10.1. The second-order valence-electron chi connectivity index (χ2n) is 7.87. The van der Waals surface area contributed by atoms with Crippen molar-refractivity contribution in [3.63, 3.8) is 0 Å². The lowest BCUT2D eigenvalue weighted by Crippen LogP contribution is -2.43. The van der Waals surface area contributed by atoms with Gasteiger partial charge < -0.3 is 14.6 Å². The number of nitrogens with zero attached hydrogens (tertiary/aromatic N) is 1. The van der Waals surface area contributed by atoms with Gasteiger partial charge in [-0.05, 0) is 43.4 Å². The Balaban J connectivity index is 1.62. The molecule has 3 unspecified atom stereocenters. The summed E-state index contributed by atoms with van der Waals surface area (Å²) in [7, 11) is 1.71. The molecule has 24 heavy (non-hydrogen) atoms. The van der Waals surface area contributed by atoms with Crippen molar-refractivity contribution in [2.75, 3.05) is 20.2 Å². The standard InChI is InChI=1S/C20H25NO3/c1-23-16-5-4-14-12-21(11-13-2-3-13)9-8-20-7-6-15(22)10-17(20)24-19(16)18(14)20/h4-7,13,15,17,22H,2-3,8-12H2,1H3. The maximum Gasteiger partial charge on any atom is 0.166 e. The lowest BCUT2D eigenvalue weighted by atomic mass is 9.69. The van der Waals surface area contributed by atoms with Crippen molar-refractivity contribution in [2.45, 2.75) is 49.9 Å². The second-order valence-corrected chi connectivity index (χ2v) is 7.87. The minimum absolute atomic E-state index is 0.0171. The van der Waals surface area contributed by atoms with Gasteiger partial charge in [0.1, 0.15) is 6.10 Å². The van der Waals surface area contributed by atoms with E-state index in [9.17, 15) is 5.11 Å². The zero-order chi connectivity index (χ0) is 16.3. The van der Waals surface area contributed by atoms with Gasteiger partial charge in [-0.15, -0.1) is 0 Å². The van der Waals surface area contributed by atoms with Crippen molar-refractivity contribution < 1.29 is 14.6 Å². The first-order valence-corrected chi connectivity index (χ1v) is 9.16. The van der Waals surface area contributed by atoms with E-state index in [2.05, 4.69) is 17.0 Å². The molecule has 4 nitrogen and oxygen atoms in total. The molecule has 0 radical (unpaired) electrons. The van der Waals surface area contributed by atoms with Crippen molar-refractivity contribution in [3.05, 3.63) is 35.4 Å². The molecule has 2 aliphatic carbocycles. The van der Waals surface area contributed by atoms with Crippen LogP contribution in [0.4, 0.5) is 0 Å². The molecule has 4 aliphatic rings. The molecule has 2 aliphatic heterocycles. The van der Waals surface area contributed by atoms with Crippen LogP contribution >= 0.6 is 0 Å². The average molecular weight is 327 g/mol. The SMILES string of the molecule is COc1ccc2c3c1OC1CC(O)C=CC31CCN(CC1CC1)C2. The Bertz CT molecular complexity index is 696. The van der Waals surface area contributed by atoms with Gasteiger partial charge in [0.25, 0.3) is 0 Å². The summed E-state index contributed by atoms with van der Waals surface area (Å²) in [4.78, 5) is 2.61. The van der Waals surface area contributed by atoms with Gasteiger partial charge in [-0.3, -0.25) is 4.90 Å². The smallest absolute Gasteiger partial charge is 0.166 e. The van der Waals surface area contributed by atoms with Crippen molar-refractivity contribution in [1.82, 2.24) is 4.90 Å². The molecule has 4 heteroatoms. The number of hydrogen-bond acceptors (Lipinski definition) is 4. The monoisotopic (exact) mass is 327 g/mol. The topological polar surface area (TPSA) is 41.9 Å². The summed E-state index contributed by atoms with van der Waals surface area (Å²) in [5.41, 5.74) is 2.58. The van der Waals surface area contributed by atoms with Crippen molar-refractivity contribution >= 4 is 0 Å². The lowest BCUT2D eigenvalue weighted by molar-refractivity contribution is 0.0808. The van der Waals surface area contributed by atoms with E-state index >= 15 is 0 Å². The third kappa shape index (κ3) is 2.12. The molecular weight excluding hydrogens is 302 g/mol. The highest BCUT2D eigenvalue weighted by Gasteiger charge is 2.52. The van der Waals surface area contributed by atoms with Gasteiger partial charge in [-0.1, -0.05) is 18.2 Å². The molecule has 1 aromatic rings. The Morgan fingerprint density at radius 3 is 3.04 bits per heavy atom. The fourth-order valence-corrected chi connectivity index (χ4v) is 4.82. The van der Waals surface area contributed by atoms with Crippen LogP contribution in [0.3, 0.4) is 0 Å². The van der Waals surface area contributed by atoms with Crippen LogP contribution in [0.1, 0.15) is 36.8 Å². The molecule has 0 amide bonds. The first-order chi connectivity index (χ1) is 11.7. The van der Waals surface area contributed by atoms with Crippen LogP contribution in [0.5, 0.6) is 11.5 Å². The van der Waals surface area contributed by atoms with Crippen molar-refractivity contribution in [1.29, 1.82) is 0 Å². The van der Waals surface area contributed by atoms with Crippen LogP contribution in [-0.2, 0) is 12.0 Å². The largest absolute Gasteiger partial charge is 0.493 e. The zero-order valence-electron chi connectivity index (χ0n) is 14.2. The Kier molecular flexibility index (Phi) is 3.23. The molecule has 5 rings (SSSR count). The van der Waals surface area contributed by atoms with Gasteiger partial charge >= 0.3 is 0 Å². The van der Waals surface area contributed by atoms with E-state index in [0.717, 1.165) is 36.9 Å². The third-order valence-corrected chi connectivity index (χ3v) is 6.25. The molecule has 3 atom stereocenters. The summed E-state index contributed by atoms with van der Waals surface area (Å²) >= 11 is 0. The van der Waals surface area contributed by atoms with Crippen LogP contribution in [0.25, 0.3) is 0 Å². The van der Waals surface area contributed by atoms with Crippen LogP contribution < -0.4 is 9.47 Å². The molecule has 1 N–H and O–H groups in total. The van der Waals surface area contributed by atoms with Gasteiger partial charge in [0, 0.05) is 25.1 Å². The second kappa shape index (κ2) is 5.24. The normalized spacial score (nSPS) is 34.2. The van der Waals surface area contributed by atoms with Crippen LogP contribution in [0.2, 0.25) is 0 Å². The van der Waals surface area contributed by atoms with Crippen LogP contribution in [0, 0.1) is 5.92 Å².